The van der Waals surface area contributed by atoms with Crippen LogP contribution in [0.15, 0.2) is 49.2 Å². The van der Waals surface area contributed by atoms with Gasteiger partial charge in [0.05, 0.1) is 29.5 Å². The highest BCUT2D eigenvalue weighted by Crippen LogP contribution is 2.33. The minimum absolute atomic E-state index is 0.123. The van der Waals surface area contributed by atoms with E-state index in [9.17, 15) is 4.79 Å². The van der Waals surface area contributed by atoms with Crippen molar-refractivity contribution < 1.29 is 4.79 Å². The van der Waals surface area contributed by atoms with E-state index in [1.54, 1.807) is 10.9 Å². The number of pyridine rings is 2. The van der Waals surface area contributed by atoms with Gasteiger partial charge in [-0.25, -0.2) is 9.50 Å². The van der Waals surface area contributed by atoms with E-state index in [-0.39, 0.29) is 5.92 Å². The Labute approximate surface area is 209 Å². The molecule has 0 saturated carbocycles. The monoisotopic (exact) mass is 485 g/mol. The Hall–Kier alpha value is -3.92. The van der Waals surface area contributed by atoms with Crippen LogP contribution in [0.5, 0.6) is 0 Å². The predicted octanol–water partition coefficient (Wildman–Crippen LogP) is 2.03. The van der Waals surface area contributed by atoms with Crippen LogP contribution in [0.25, 0.3) is 27.8 Å². The average molecular weight is 486 g/mol. The second-order valence-corrected chi connectivity index (χ2v) is 9.70. The summed E-state index contributed by atoms with van der Waals surface area (Å²) >= 11 is 0. The van der Waals surface area contributed by atoms with E-state index >= 15 is 0 Å². The van der Waals surface area contributed by atoms with Gasteiger partial charge in [0.25, 0.3) is 0 Å². The molecule has 3 N–H and O–H groups in total. The standard InChI is InChI=1S/C26H31N9O/c1-32-16-21(14-30-32)20-11-22(25-23(27)15-31-35(25)17-20)18-4-5-24(29-13-18)33-7-9-34(10-8-33)26(36)19-3-2-6-28-12-19/h4-5,11,13-17,19,28H,2-3,6-10,12,27H2,1H3. The summed E-state index contributed by atoms with van der Waals surface area (Å²) in [6, 6.07) is 6.26. The number of rotatable bonds is 4. The van der Waals surface area contributed by atoms with Crippen LogP contribution in [0.4, 0.5) is 11.5 Å². The Kier molecular flexibility index (Phi) is 5.80. The molecule has 1 atom stereocenters. The van der Waals surface area contributed by atoms with Gasteiger partial charge in [-0.15, -0.1) is 0 Å². The quantitative estimate of drug-likeness (QED) is 0.455. The van der Waals surface area contributed by atoms with Gasteiger partial charge in [-0.2, -0.15) is 10.2 Å². The summed E-state index contributed by atoms with van der Waals surface area (Å²) in [5.41, 5.74) is 11.7. The van der Waals surface area contributed by atoms with Crippen LogP contribution in [0, 0.1) is 5.92 Å². The normalized spacial score (nSPS) is 18.6. The number of hydrogen-bond acceptors (Lipinski definition) is 7. The number of nitrogens with two attached hydrogens (primary N) is 1. The van der Waals surface area contributed by atoms with Crippen LogP contribution in [0.3, 0.4) is 0 Å². The molecular weight excluding hydrogens is 454 g/mol. The van der Waals surface area contributed by atoms with E-state index < -0.39 is 0 Å². The highest BCUT2D eigenvalue weighted by Gasteiger charge is 2.28. The number of piperidine rings is 1. The molecule has 6 heterocycles. The molecule has 186 valence electrons. The van der Waals surface area contributed by atoms with Crippen LogP contribution < -0.4 is 16.0 Å². The number of carbonyl (C=O) groups excluding carboxylic acids is 1. The van der Waals surface area contributed by atoms with Gasteiger partial charge in [0, 0.05) is 80.6 Å². The number of piperazine rings is 1. The maximum Gasteiger partial charge on any atom is 0.227 e. The van der Waals surface area contributed by atoms with Crippen molar-refractivity contribution in [3.8, 4) is 22.3 Å². The third-order valence-electron chi connectivity index (χ3n) is 7.30. The number of aryl methyl sites for hydroxylation is 1. The Morgan fingerprint density at radius 2 is 1.89 bits per heavy atom. The van der Waals surface area contributed by atoms with Crippen molar-refractivity contribution in [1.82, 2.24) is 34.6 Å². The molecule has 36 heavy (non-hydrogen) atoms. The van der Waals surface area contributed by atoms with Crippen LogP contribution >= 0.6 is 0 Å². The fourth-order valence-electron chi connectivity index (χ4n) is 5.30. The predicted molar refractivity (Wildman–Crippen MR) is 139 cm³/mol. The maximum atomic E-state index is 12.9. The third-order valence-corrected chi connectivity index (χ3v) is 7.30. The van der Waals surface area contributed by atoms with Crippen molar-refractivity contribution >= 4 is 22.9 Å². The van der Waals surface area contributed by atoms with Crippen molar-refractivity contribution in [2.45, 2.75) is 12.8 Å². The number of amides is 1. The maximum absolute atomic E-state index is 12.9. The zero-order valence-electron chi connectivity index (χ0n) is 20.5. The molecule has 2 fully saturated rings. The minimum atomic E-state index is 0.123. The van der Waals surface area contributed by atoms with Gasteiger partial charge in [-0.3, -0.25) is 9.48 Å². The fraction of sp³-hybridized carbons (Fsp3) is 0.385. The van der Waals surface area contributed by atoms with Gasteiger partial charge in [-0.05, 0) is 37.6 Å². The highest BCUT2D eigenvalue weighted by molar-refractivity contribution is 5.91. The zero-order valence-corrected chi connectivity index (χ0v) is 20.5. The van der Waals surface area contributed by atoms with Gasteiger partial charge in [-0.1, -0.05) is 0 Å². The molecule has 0 bridgehead atoms. The van der Waals surface area contributed by atoms with E-state index in [0.29, 0.717) is 11.6 Å². The van der Waals surface area contributed by atoms with E-state index in [4.69, 9.17) is 10.7 Å². The molecule has 0 aliphatic carbocycles. The Bertz CT molecular complexity index is 1380. The number of nitrogens with zero attached hydrogens (tertiary/aromatic N) is 7. The summed E-state index contributed by atoms with van der Waals surface area (Å²) < 4.78 is 3.60. The molecule has 2 aliphatic rings. The fourth-order valence-corrected chi connectivity index (χ4v) is 5.30. The smallest absolute Gasteiger partial charge is 0.227 e. The van der Waals surface area contributed by atoms with Crippen molar-refractivity contribution in [2.24, 2.45) is 13.0 Å². The molecular formula is C26H31N9O. The lowest BCUT2D eigenvalue weighted by Gasteiger charge is -2.37. The Balaban J connectivity index is 1.21. The van der Waals surface area contributed by atoms with E-state index in [2.05, 4.69) is 38.6 Å². The largest absolute Gasteiger partial charge is 0.396 e. The summed E-state index contributed by atoms with van der Waals surface area (Å²) in [7, 11) is 1.90. The molecule has 1 unspecified atom stereocenters. The molecule has 1 amide bonds. The number of carbonyl (C=O) groups is 1. The first-order chi connectivity index (χ1) is 17.6. The molecule has 0 spiro atoms. The number of fused-ring (bicyclic) bond motifs is 1. The number of anilines is 2. The lowest BCUT2D eigenvalue weighted by atomic mass is 9.98. The molecule has 4 aromatic heterocycles. The van der Waals surface area contributed by atoms with Gasteiger partial charge >= 0.3 is 0 Å². The lowest BCUT2D eigenvalue weighted by molar-refractivity contribution is -0.136. The molecule has 4 aromatic rings. The van der Waals surface area contributed by atoms with Crippen LogP contribution in [-0.4, -0.2) is 74.5 Å². The van der Waals surface area contributed by atoms with Crippen molar-refractivity contribution in [3.05, 3.63) is 49.2 Å². The molecule has 10 heteroatoms. The van der Waals surface area contributed by atoms with Crippen molar-refractivity contribution in [2.75, 3.05) is 49.9 Å². The van der Waals surface area contributed by atoms with Crippen LogP contribution in [-0.2, 0) is 11.8 Å². The highest BCUT2D eigenvalue weighted by atomic mass is 16.2. The Morgan fingerprint density at radius 1 is 1.03 bits per heavy atom. The SMILES string of the molecule is Cn1cc(-c2cc(-c3ccc(N4CCN(C(=O)C5CCCNC5)CC4)nc3)c3c(N)cnn3c2)cn1. The summed E-state index contributed by atoms with van der Waals surface area (Å²) in [6.45, 7) is 4.87. The van der Waals surface area contributed by atoms with Gasteiger partial charge < -0.3 is 20.9 Å². The lowest BCUT2D eigenvalue weighted by Crippen LogP contribution is -2.52. The molecule has 2 saturated heterocycles. The first kappa shape index (κ1) is 22.5. The number of hydrogen-bond donors (Lipinski definition) is 2. The second-order valence-electron chi connectivity index (χ2n) is 9.70. The van der Waals surface area contributed by atoms with Crippen LogP contribution in [0.1, 0.15) is 12.8 Å². The molecule has 10 nitrogen and oxygen atoms in total. The van der Waals surface area contributed by atoms with Gasteiger partial charge in [0.1, 0.15) is 5.82 Å². The minimum Gasteiger partial charge on any atom is -0.396 e. The summed E-state index contributed by atoms with van der Waals surface area (Å²) in [4.78, 5) is 21.9. The average Bonchev–Trinajstić information content (AvgIpc) is 3.54. The summed E-state index contributed by atoms with van der Waals surface area (Å²) in [5, 5.41) is 12.1. The molecule has 2 aliphatic heterocycles. The van der Waals surface area contributed by atoms with Crippen molar-refractivity contribution in [1.29, 1.82) is 0 Å². The third kappa shape index (κ3) is 4.17. The van der Waals surface area contributed by atoms with Crippen LogP contribution in [0.2, 0.25) is 0 Å². The van der Waals surface area contributed by atoms with Gasteiger partial charge in [0.15, 0.2) is 0 Å². The van der Waals surface area contributed by atoms with E-state index in [1.807, 2.05) is 41.3 Å². The number of nitrogens with one attached hydrogen (secondary N) is 1. The zero-order chi connectivity index (χ0) is 24.6. The molecule has 0 radical (unpaired) electrons. The number of nitrogen functional groups attached to an aromatic ring is 1. The number of aromatic nitrogens is 5. The van der Waals surface area contributed by atoms with E-state index in [1.165, 1.54) is 0 Å². The topological polar surface area (TPSA) is 110 Å². The van der Waals surface area contributed by atoms with E-state index in [0.717, 1.165) is 85.7 Å². The molecule has 0 aromatic carbocycles. The van der Waals surface area contributed by atoms with Gasteiger partial charge in [0.2, 0.25) is 5.91 Å². The second kappa shape index (κ2) is 9.27. The summed E-state index contributed by atoms with van der Waals surface area (Å²) in [5.74, 6) is 1.34. The summed E-state index contributed by atoms with van der Waals surface area (Å²) in [6.07, 6.45) is 11.4. The van der Waals surface area contributed by atoms with Crippen molar-refractivity contribution in [3.63, 3.8) is 0 Å². The first-order valence-electron chi connectivity index (χ1n) is 12.5. The Morgan fingerprint density at radius 3 is 2.58 bits per heavy atom. The first-order valence-corrected chi connectivity index (χ1v) is 12.5. The molecule has 6 rings (SSSR count).